The van der Waals surface area contributed by atoms with Crippen molar-refractivity contribution < 1.29 is 24.5 Å². The zero-order chi connectivity index (χ0) is 47.9. The number of hydrogen-bond donors (Lipinski definition) is 3. The van der Waals surface area contributed by atoms with Crippen molar-refractivity contribution in [3.05, 3.63) is 24.3 Å². The Morgan fingerprint density at radius 2 is 0.727 bits per heavy atom. The van der Waals surface area contributed by atoms with Gasteiger partial charge in [0, 0.05) is 12.8 Å². The molecule has 0 saturated carbocycles. The van der Waals surface area contributed by atoms with Crippen LogP contribution in [0.3, 0.4) is 0 Å². The van der Waals surface area contributed by atoms with Crippen LogP contribution in [0.25, 0.3) is 0 Å². The van der Waals surface area contributed by atoms with Gasteiger partial charge in [-0.2, -0.15) is 0 Å². The van der Waals surface area contributed by atoms with E-state index in [1.54, 1.807) is 6.08 Å². The van der Waals surface area contributed by atoms with Crippen LogP contribution in [0.5, 0.6) is 0 Å². The SMILES string of the molecule is CCCC/C=C\CCCCCCCC(=O)OCCCCCCCCCCCCCCCCCCCCCCCCCCCCCC(=O)NC(CO)C(O)/C=C/CCCCCCCCCCC. The molecule has 390 valence electrons. The number of aliphatic hydroxyl groups excluding tert-OH is 2. The molecule has 0 rings (SSSR count). The van der Waals surface area contributed by atoms with Crippen molar-refractivity contribution in [1.82, 2.24) is 5.32 Å². The third-order valence-corrected chi connectivity index (χ3v) is 13.7. The fourth-order valence-electron chi connectivity index (χ4n) is 9.15. The van der Waals surface area contributed by atoms with E-state index in [1.165, 1.54) is 250 Å². The van der Waals surface area contributed by atoms with E-state index in [1.807, 2.05) is 6.08 Å². The summed E-state index contributed by atoms with van der Waals surface area (Å²) in [7, 11) is 0. The maximum Gasteiger partial charge on any atom is 0.305 e. The summed E-state index contributed by atoms with van der Waals surface area (Å²) in [4.78, 5) is 24.4. The molecule has 0 saturated heterocycles. The third kappa shape index (κ3) is 51.7. The highest BCUT2D eigenvalue weighted by Crippen LogP contribution is 2.17. The molecule has 0 spiro atoms. The first-order chi connectivity index (χ1) is 32.5. The van der Waals surface area contributed by atoms with Crippen LogP contribution < -0.4 is 5.32 Å². The minimum absolute atomic E-state index is 0.00644. The monoisotopic (exact) mass is 930 g/mol. The van der Waals surface area contributed by atoms with Crippen molar-refractivity contribution in [2.24, 2.45) is 0 Å². The Hall–Kier alpha value is -1.66. The molecule has 2 atom stereocenters. The first-order valence-electron chi connectivity index (χ1n) is 29.6. The molecule has 0 radical (unpaired) electrons. The molecular weight excluding hydrogens is 815 g/mol. The summed E-state index contributed by atoms with van der Waals surface area (Å²) in [5.41, 5.74) is 0. The molecule has 0 aromatic rings. The van der Waals surface area contributed by atoms with Gasteiger partial charge in [0.25, 0.3) is 0 Å². The summed E-state index contributed by atoms with van der Waals surface area (Å²) >= 11 is 0. The topological polar surface area (TPSA) is 95.9 Å². The van der Waals surface area contributed by atoms with E-state index in [4.69, 9.17) is 4.74 Å². The number of amides is 1. The quantitative estimate of drug-likeness (QED) is 0.0321. The Kier molecular flexibility index (Phi) is 54.5. The molecule has 0 aliphatic carbocycles. The molecule has 0 aliphatic rings. The maximum atomic E-state index is 12.4. The maximum absolute atomic E-state index is 12.4. The molecule has 3 N–H and O–H groups in total. The summed E-state index contributed by atoms with van der Waals surface area (Å²) in [6.45, 7) is 4.86. The lowest BCUT2D eigenvalue weighted by molar-refractivity contribution is -0.143. The van der Waals surface area contributed by atoms with Crippen molar-refractivity contribution in [3.8, 4) is 0 Å². The Bertz CT molecular complexity index is 1030. The van der Waals surface area contributed by atoms with Gasteiger partial charge < -0.3 is 20.3 Å². The second kappa shape index (κ2) is 55.9. The minimum Gasteiger partial charge on any atom is -0.466 e. The lowest BCUT2D eigenvalue weighted by atomic mass is 10.0. The molecule has 1 amide bonds. The van der Waals surface area contributed by atoms with Crippen LogP contribution in [0.1, 0.15) is 322 Å². The molecule has 66 heavy (non-hydrogen) atoms. The summed E-state index contributed by atoms with van der Waals surface area (Å²) < 4.78 is 5.46. The fourth-order valence-corrected chi connectivity index (χ4v) is 9.15. The van der Waals surface area contributed by atoms with E-state index in [9.17, 15) is 19.8 Å². The molecule has 0 bridgehead atoms. The normalized spacial score (nSPS) is 12.7. The van der Waals surface area contributed by atoms with Crippen molar-refractivity contribution in [1.29, 1.82) is 0 Å². The van der Waals surface area contributed by atoms with E-state index < -0.39 is 12.1 Å². The summed E-state index contributed by atoms with van der Waals surface area (Å²) in [5.74, 6) is -0.0594. The molecule has 0 fully saturated rings. The van der Waals surface area contributed by atoms with Gasteiger partial charge in [0.15, 0.2) is 0 Å². The number of esters is 1. The Balaban J connectivity index is 3.35. The van der Waals surface area contributed by atoms with E-state index in [2.05, 4.69) is 31.3 Å². The molecule has 0 aliphatic heterocycles. The lowest BCUT2D eigenvalue weighted by Crippen LogP contribution is -2.45. The summed E-state index contributed by atoms with van der Waals surface area (Å²) in [5, 5.41) is 23.0. The van der Waals surface area contributed by atoms with Crippen LogP contribution in [0, 0.1) is 0 Å². The zero-order valence-electron chi connectivity index (χ0n) is 44.4. The van der Waals surface area contributed by atoms with Gasteiger partial charge in [0.05, 0.1) is 25.4 Å². The summed E-state index contributed by atoms with van der Waals surface area (Å²) in [6, 6.07) is -0.624. The van der Waals surface area contributed by atoms with Crippen LogP contribution in [-0.2, 0) is 14.3 Å². The standard InChI is InChI=1S/C60H115NO5/c1-3-5-7-9-11-13-32-36-40-44-48-52-58(63)57(56-62)61-59(64)53-49-45-41-37-34-30-28-26-24-22-20-18-16-15-17-19-21-23-25-27-29-31-35-39-43-47-51-55-66-60(65)54-50-46-42-38-33-14-12-10-8-6-4-2/h10,12,48,52,57-58,62-63H,3-9,11,13-47,49-51,53-56H2,1-2H3,(H,61,64)/b12-10-,52-48+. The van der Waals surface area contributed by atoms with Gasteiger partial charge in [-0.15, -0.1) is 0 Å². The smallest absolute Gasteiger partial charge is 0.305 e. The first kappa shape index (κ1) is 64.3. The Morgan fingerprint density at radius 1 is 0.409 bits per heavy atom. The number of rotatable bonds is 55. The second-order valence-electron chi connectivity index (χ2n) is 20.3. The van der Waals surface area contributed by atoms with Crippen LogP contribution in [0.4, 0.5) is 0 Å². The molecule has 2 unspecified atom stereocenters. The number of unbranched alkanes of at least 4 members (excludes halogenated alkanes) is 42. The number of carbonyl (C=O) groups excluding carboxylic acids is 2. The number of nitrogens with one attached hydrogen (secondary N) is 1. The van der Waals surface area contributed by atoms with Gasteiger partial charge in [-0.3, -0.25) is 9.59 Å². The largest absolute Gasteiger partial charge is 0.466 e. The molecule has 0 aromatic carbocycles. The van der Waals surface area contributed by atoms with Gasteiger partial charge in [0.1, 0.15) is 0 Å². The van der Waals surface area contributed by atoms with Crippen LogP contribution in [0.2, 0.25) is 0 Å². The van der Waals surface area contributed by atoms with Crippen molar-refractivity contribution in [2.75, 3.05) is 13.2 Å². The predicted molar refractivity (Wildman–Crippen MR) is 287 cm³/mol. The van der Waals surface area contributed by atoms with E-state index in [0.29, 0.717) is 19.4 Å². The zero-order valence-corrected chi connectivity index (χ0v) is 44.4. The van der Waals surface area contributed by atoms with Gasteiger partial charge in [-0.25, -0.2) is 0 Å². The first-order valence-corrected chi connectivity index (χ1v) is 29.6. The van der Waals surface area contributed by atoms with Crippen LogP contribution in [-0.4, -0.2) is 47.4 Å². The Morgan fingerprint density at radius 3 is 1.12 bits per heavy atom. The van der Waals surface area contributed by atoms with E-state index in [-0.39, 0.29) is 18.5 Å². The highest BCUT2D eigenvalue weighted by molar-refractivity contribution is 5.76. The number of carbonyl (C=O) groups is 2. The average Bonchev–Trinajstić information content (AvgIpc) is 3.32. The van der Waals surface area contributed by atoms with Crippen molar-refractivity contribution in [2.45, 2.75) is 334 Å². The van der Waals surface area contributed by atoms with Crippen molar-refractivity contribution >= 4 is 11.9 Å². The number of allylic oxidation sites excluding steroid dienone is 3. The number of ether oxygens (including phenoxy) is 1. The van der Waals surface area contributed by atoms with Crippen LogP contribution >= 0.6 is 0 Å². The highest BCUT2D eigenvalue weighted by Gasteiger charge is 2.18. The summed E-state index contributed by atoms with van der Waals surface area (Å²) in [6.07, 6.45) is 67.9. The van der Waals surface area contributed by atoms with Gasteiger partial charge in [0.2, 0.25) is 5.91 Å². The molecular formula is C60H115NO5. The predicted octanol–water partition coefficient (Wildman–Crippen LogP) is 18.2. The number of aliphatic hydroxyl groups is 2. The fraction of sp³-hybridized carbons (Fsp3) is 0.900. The average molecular weight is 931 g/mol. The molecule has 6 heteroatoms. The molecule has 0 heterocycles. The number of hydrogen-bond acceptors (Lipinski definition) is 5. The molecule has 0 aromatic heterocycles. The van der Waals surface area contributed by atoms with Crippen molar-refractivity contribution in [3.63, 3.8) is 0 Å². The minimum atomic E-state index is -0.840. The highest BCUT2D eigenvalue weighted by atomic mass is 16.5. The van der Waals surface area contributed by atoms with Gasteiger partial charge in [-0.05, 0) is 51.4 Å². The van der Waals surface area contributed by atoms with E-state index in [0.717, 1.165) is 44.9 Å². The van der Waals surface area contributed by atoms with Gasteiger partial charge >= 0.3 is 5.97 Å². The lowest BCUT2D eigenvalue weighted by Gasteiger charge is -2.20. The van der Waals surface area contributed by atoms with Gasteiger partial charge in [-0.1, -0.05) is 282 Å². The Labute approximate surface area is 411 Å². The third-order valence-electron chi connectivity index (χ3n) is 13.7. The van der Waals surface area contributed by atoms with Crippen LogP contribution in [0.15, 0.2) is 24.3 Å². The van der Waals surface area contributed by atoms with E-state index >= 15 is 0 Å². The second-order valence-corrected chi connectivity index (χ2v) is 20.3. The molecule has 6 nitrogen and oxygen atoms in total.